The summed E-state index contributed by atoms with van der Waals surface area (Å²) in [6, 6.07) is 12.1. The van der Waals surface area contributed by atoms with Gasteiger partial charge in [0.2, 0.25) is 0 Å². The molecule has 0 radical (unpaired) electrons. The molecular weight excluding hydrogens is 325 g/mol. The standard InChI is InChI=1S/C18H16FN3O3/c1-18(13-7-9-14(25-2)10-8-13)16(23)22(17(24)21-18)20-11-12-5-3-4-6-15(12)19/h3-11H,1-2H3,(H,21,24)/t18-/m0/s1. The van der Waals surface area contributed by atoms with E-state index in [-0.39, 0.29) is 5.56 Å². The Labute approximate surface area is 143 Å². The third-order valence-corrected chi connectivity index (χ3v) is 4.05. The zero-order valence-corrected chi connectivity index (χ0v) is 13.7. The first kappa shape index (κ1) is 16.6. The molecular formula is C18H16FN3O3. The summed E-state index contributed by atoms with van der Waals surface area (Å²) in [7, 11) is 1.54. The summed E-state index contributed by atoms with van der Waals surface area (Å²) in [6.45, 7) is 1.59. The normalized spacial score (nSPS) is 20.2. The predicted molar refractivity (Wildman–Crippen MR) is 89.7 cm³/mol. The molecule has 7 heteroatoms. The molecule has 1 aliphatic heterocycles. The van der Waals surface area contributed by atoms with E-state index in [0.717, 1.165) is 6.21 Å². The van der Waals surface area contributed by atoms with Gasteiger partial charge in [0.25, 0.3) is 5.91 Å². The van der Waals surface area contributed by atoms with E-state index in [9.17, 15) is 14.0 Å². The molecule has 0 bridgehead atoms. The second-order valence-electron chi connectivity index (χ2n) is 5.67. The first-order valence-corrected chi connectivity index (χ1v) is 7.55. The van der Waals surface area contributed by atoms with Gasteiger partial charge in [0, 0.05) is 5.56 Å². The highest BCUT2D eigenvalue weighted by molar-refractivity contribution is 6.07. The van der Waals surface area contributed by atoms with Crippen LogP contribution in [0.3, 0.4) is 0 Å². The Morgan fingerprint density at radius 3 is 2.48 bits per heavy atom. The third kappa shape index (κ3) is 2.96. The molecule has 25 heavy (non-hydrogen) atoms. The maximum atomic E-state index is 13.6. The fourth-order valence-electron chi connectivity index (χ4n) is 2.55. The Morgan fingerprint density at radius 1 is 1.16 bits per heavy atom. The summed E-state index contributed by atoms with van der Waals surface area (Å²) >= 11 is 0. The molecule has 1 atom stereocenters. The van der Waals surface area contributed by atoms with Gasteiger partial charge in [-0.15, -0.1) is 5.01 Å². The summed E-state index contributed by atoms with van der Waals surface area (Å²) in [6.07, 6.45) is 1.15. The van der Waals surface area contributed by atoms with Crippen LogP contribution in [0.15, 0.2) is 53.6 Å². The van der Waals surface area contributed by atoms with Gasteiger partial charge in [-0.25, -0.2) is 9.18 Å². The minimum absolute atomic E-state index is 0.182. The van der Waals surface area contributed by atoms with Crippen molar-refractivity contribution in [2.45, 2.75) is 12.5 Å². The monoisotopic (exact) mass is 341 g/mol. The van der Waals surface area contributed by atoms with Crippen molar-refractivity contribution >= 4 is 18.2 Å². The molecule has 0 saturated carbocycles. The molecule has 6 nitrogen and oxygen atoms in total. The minimum Gasteiger partial charge on any atom is -0.497 e. The van der Waals surface area contributed by atoms with Gasteiger partial charge in [-0.3, -0.25) is 4.79 Å². The van der Waals surface area contributed by atoms with Gasteiger partial charge in [-0.1, -0.05) is 30.3 Å². The van der Waals surface area contributed by atoms with Gasteiger partial charge in [-0.2, -0.15) is 5.10 Å². The van der Waals surface area contributed by atoms with Crippen LogP contribution in [0.1, 0.15) is 18.1 Å². The van der Waals surface area contributed by atoms with Gasteiger partial charge < -0.3 is 10.1 Å². The summed E-state index contributed by atoms with van der Waals surface area (Å²) in [5.41, 5.74) is -0.480. The van der Waals surface area contributed by atoms with Crippen molar-refractivity contribution in [1.82, 2.24) is 10.3 Å². The van der Waals surface area contributed by atoms with E-state index in [4.69, 9.17) is 4.74 Å². The molecule has 0 aromatic heterocycles. The number of amides is 3. The van der Waals surface area contributed by atoms with Crippen LogP contribution in [0, 0.1) is 5.82 Å². The quantitative estimate of drug-likeness (QED) is 0.686. The van der Waals surface area contributed by atoms with Gasteiger partial charge >= 0.3 is 6.03 Å². The second-order valence-corrected chi connectivity index (χ2v) is 5.67. The zero-order valence-electron chi connectivity index (χ0n) is 13.7. The van der Waals surface area contributed by atoms with E-state index >= 15 is 0 Å². The molecule has 1 N–H and O–H groups in total. The Kier molecular flexibility index (Phi) is 4.22. The lowest BCUT2D eigenvalue weighted by molar-refractivity contribution is -0.131. The van der Waals surface area contributed by atoms with Crippen LogP contribution in [-0.4, -0.2) is 30.3 Å². The smallest absolute Gasteiger partial charge is 0.346 e. The molecule has 2 aromatic carbocycles. The number of nitrogens with one attached hydrogen (secondary N) is 1. The van der Waals surface area contributed by atoms with E-state index < -0.39 is 23.3 Å². The van der Waals surface area contributed by atoms with Crippen LogP contribution in [0.5, 0.6) is 5.75 Å². The van der Waals surface area contributed by atoms with E-state index in [1.807, 2.05) is 0 Å². The highest BCUT2D eigenvalue weighted by Crippen LogP contribution is 2.30. The lowest BCUT2D eigenvalue weighted by Crippen LogP contribution is -2.40. The van der Waals surface area contributed by atoms with Crippen molar-refractivity contribution in [3.05, 3.63) is 65.5 Å². The van der Waals surface area contributed by atoms with E-state index in [2.05, 4.69) is 10.4 Å². The number of urea groups is 1. The molecule has 3 amide bonds. The second kappa shape index (κ2) is 6.35. The van der Waals surface area contributed by atoms with Crippen molar-refractivity contribution in [2.75, 3.05) is 7.11 Å². The van der Waals surface area contributed by atoms with Crippen molar-refractivity contribution < 1.29 is 18.7 Å². The van der Waals surface area contributed by atoms with Gasteiger partial charge in [0.1, 0.15) is 17.1 Å². The lowest BCUT2D eigenvalue weighted by atomic mass is 9.92. The highest BCUT2D eigenvalue weighted by Gasteiger charge is 2.49. The van der Waals surface area contributed by atoms with Crippen molar-refractivity contribution in [2.24, 2.45) is 5.10 Å². The van der Waals surface area contributed by atoms with Gasteiger partial charge in [0.15, 0.2) is 0 Å². The lowest BCUT2D eigenvalue weighted by Gasteiger charge is -2.21. The Bertz CT molecular complexity index is 851. The molecule has 0 aliphatic carbocycles. The molecule has 1 saturated heterocycles. The van der Waals surface area contributed by atoms with Gasteiger partial charge in [0.05, 0.1) is 13.3 Å². The number of carbonyl (C=O) groups excluding carboxylic acids is 2. The number of hydrogen-bond acceptors (Lipinski definition) is 4. The number of hydrazone groups is 1. The largest absolute Gasteiger partial charge is 0.497 e. The average Bonchev–Trinajstić information content (AvgIpc) is 2.84. The molecule has 1 fully saturated rings. The maximum Gasteiger partial charge on any atom is 0.346 e. The van der Waals surface area contributed by atoms with Crippen molar-refractivity contribution in [3.63, 3.8) is 0 Å². The summed E-state index contributed by atoms with van der Waals surface area (Å²) in [5.74, 6) is -0.398. The number of rotatable bonds is 4. The number of carbonyl (C=O) groups is 2. The summed E-state index contributed by atoms with van der Waals surface area (Å²) < 4.78 is 18.7. The number of ether oxygens (including phenoxy) is 1. The first-order valence-electron chi connectivity index (χ1n) is 7.55. The van der Waals surface area contributed by atoms with Crippen LogP contribution < -0.4 is 10.1 Å². The van der Waals surface area contributed by atoms with Crippen LogP contribution in [0.2, 0.25) is 0 Å². The predicted octanol–water partition coefficient (Wildman–Crippen LogP) is 2.64. The van der Waals surface area contributed by atoms with E-state index in [1.165, 1.54) is 12.1 Å². The van der Waals surface area contributed by atoms with Crippen molar-refractivity contribution in [1.29, 1.82) is 0 Å². The molecule has 128 valence electrons. The summed E-state index contributed by atoms with van der Waals surface area (Å²) in [4.78, 5) is 24.9. The fraction of sp³-hybridized carbons (Fsp3) is 0.167. The molecule has 0 spiro atoms. The van der Waals surface area contributed by atoms with Crippen LogP contribution >= 0.6 is 0 Å². The average molecular weight is 341 g/mol. The number of halogens is 1. The number of nitrogens with zero attached hydrogens (tertiary/aromatic N) is 2. The molecule has 0 unspecified atom stereocenters. The molecule has 1 aliphatic rings. The van der Waals surface area contributed by atoms with Crippen LogP contribution in [-0.2, 0) is 10.3 Å². The molecule has 3 rings (SSSR count). The molecule has 2 aromatic rings. The fourth-order valence-corrected chi connectivity index (χ4v) is 2.55. The van der Waals surface area contributed by atoms with E-state index in [1.54, 1.807) is 50.4 Å². The Morgan fingerprint density at radius 2 is 1.84 bits per heavy atom. The number of benzene rings is 2. The van der Waals surface area contributed by atoms with Gasteiger partial charge in [-0.05, 0) is 30.7 Å². The SMILES string of the molecule is COc1ccc([C@]2(C)NC(=O)N(N=Cc3ccccc3F)C2=O)cc1. The Balaban J connectivity index is 1.87. The Hall–Kier alpha value is -3.22. The van der Waals surface area contributed by atoms with Crippen LogP contribution in [0.25, 0.3) is 0 Å². The third-order valence-electron chi connectivity index (χ3n) is 4.05. The maximum absolute atomic E-state index is 13.6. The minimum atomic E-state index is -1.25. The first-order chi connectivity index (χ1) is 12.0. The zero-order chi connectivity index (χ0) is 18.0. The highest BCUT2D eigenvalue weighted by atomic mass is 19.1. The summed E-state index contributed by atoms with van der Waals surface area (Å²) in [5, 5.41) is 7.18. The number of hydrogen-bond donors (Lipinski definition) is 1. The number of imide groups is 1. The number of methoxy groups -OCH3 is 1. The van der Waals surface area contributed by atoms with E-state index in [0.29, 0.717) is 16.3 Å². The molecule has 1 heterocycles. The topological polar surface area (TPSA) is 71.0 Å². The van der Waals surface area contributed by atoms with Crippen LogP contribution in [0.4, 0.5) is 9.18 Å². The van der Waals surface area contributed by atoms with Crippen molar-refractivity contribution in [3.8, 4) is 5.75 Å².